The number of hydrogen-bond donors (Lipinski definition) is 0. The first-order valence-corrected chi connectivity index (χ1v) is 7.15. The van der Waals surface area contributed by atoms with Crippen molar-refractivity contribution in [1.82, 2.24) is 0 Å². The summed E-state index contributed by atoms with van der Waals surface area (Å²) in [4.78, 5) is 12.2. The van der Waals surface area contributed by atoms with Crippen molar-refractivity contribution in [3.05, 3.63) is 29.8 Å². The van der Waals surface area contributed by atoms with E-state index in [0.717, 1.165) is 18.4 Å². The maximum absolute atomic E-state index is 12.2. The normalized spacial score (nSPS) is 16.8. The zero-order valence-electron chi connectivity index (χ0n) is 12.2. The Morgan fingerprint density at radius 3 is 2.86 bits per heavy atom. The van der Waals surface area contributed by atoms with E-state index in [1.54, 1.807) is 0 Å². The van der Waals surface area contributed by atoms with Crippen molar-refractivity contribution in [2.24, 2.45) is 5.92 Å². The summed E-state index contributed by atoms with van der Waals surface area (Å²) in [5.74, 6) is 2.85. The molecular formula is C17H20O4. The van der Waals surface area contributed by atoms with Crippen LogP contribution in [-0.4, -0.2) is 25.8 Å². The molecule has 0 saturated carbocycles. The average Bonchev–Trinajstić information content (AvgIpc) is 2.54. The zero-order chi connectivity index (χ0) is 15.1. The van der Waals surface area contributed by atoms with Crippen molar-refractivity contribution in [2.45, 2.75) is 25.9 Å². The van der Waals surface area contributed by atoms with Gasteiger partial charge in [0.25, 0.3) is 0 Å². The molecule has 0 N–H and O–H groups in total. The summed E-state index contributed by atoms with van der Waals surface area (Å²) in [6, 6.07) is 7.46. The molecule has 1 aliphatic heterocycles. The second-order valence-corrected chi connectivity index (χ2v) is 5.00. The van der Waals surface area contributed by atoms with Crippen LogP contribution in [0.4, 0.5) is 0 Å². The molecule has 1 aromatic carbocycles. The molecule has 0 spiro atoms. The van der Waals surface area contributed by atoms with Crippen molar-refractivity contribution in [1.29, 1.82) is 0 Å². The quantitative estimate of drug-likeness (QED) is 0.617. The number of esters is 1. The first-order chi connectivity index (χ1) is 10.2. The van der Waals surface area contributed by atoms with Crippen molar-refractivity contribution >= 4 is 5.97 Å². The lowest BCUT2D eigenvalue weighted by atomic mass is 10.0. The molecule has 4 heteroatoms. The Morgan fingerprint density at radius 1 is 1.43 bits per heavy atom. The lowest BCUT2D eigenvalue weighted by molar-refractivity contribution is -0.156. The van der Waals surface area contributed by atoms with Gasteiger partial charge >= 0.3 is 5.97 Å². The summed E-state index contributed by atoms with van der Waals surface area (Å²) in [5, 5.41) is 0. The van der Waals surface area contributed by atoms with Crippen LogP contribution in [0.3, 0.4) is 0 Å². The van der Waals surface area contributed by atoms with Gasteiger partial charge in [0.15, 0.2) is 0 Å². The summed E-state index contributed by atoms with van der Waals surface area (Å²) in [5.41, 5.74) is 0.827. The van der Waals surface area contributed by atoms with Crippen molar-refractivity contribution < 1.29 is 19.0 Å². The summed E-state index contributed by atoms with van der Waals surface area (Å²) in [7, 11) is 0. The molecule has 1 atom stereocenters. The fraction of sp³-hybridized carbons (Fsp3) is 0.471. The first kappa shape index (κ1) is 15.4. The van der Waals surface area contributed by atoms with Gasteiger partial charge in [0, 0.05) is 18.8 Å². The highest BCUT2D eigenvalue weighted by molar-refractivity contribution is 5.72. The molecule has 0 radical (unpaired) electrons. The predicted molar refractivity (Wildman–Crippen MR) is 78.8 cm³/mol. The molecule has 0 aromatic heterocycles. The van der Waals surface area contributed by atoms with Crippen LogP contribution in [0.1, 0.15) is 31.4 Å². The summed E-state index contributed by atoms with van der Waals surface area (Å²) in [6.07, 6.45) is 6.29. The van der Waals surface area contributed by atoms with Crippen molar-refractivity contribution in [2.75, 3.05) is 19.8 Å². The highest BCUT2D eigenvalue weighted by Gasteiger charge is 2.25. The van der Waals surface area contributed by atoms with E-state index in [9.17, 15) is 4.79 Å². The number of hydrogen-bond acceptors (Lipinski definition) is 4. The van der Waals surface area contributed by atoms with Crippen LogP contribution >= 0.6 is 0 Å². The van der Waals surface area contributed by atoms with Gasteiger partial charge in [-0.25, -0.2) is 0 Å². The molecule has 0 bridgehead atoms. The third-order valence-corrected chi connectivity index (χ3v) is 3.52. The van der Waals surface area contributed by atoms with Crippen LogP contribution in [0.2, 0.25) is 0 Å². The fourth-order valence-corrected chi connectivity index (χ4v) is 2.33. The van der Waals surface area contributed by atoms with E-state index >= 15 is 0 Å². The van der Waals surface area contributed by atoms with E-state index < -0.39 is 0 Å². The summed E-state index contributed by atoms with van der Waals surface area (Å²) < 4.78 is 16.3. The molecule has 2 rings (SSSR count). The van der Waals surface area contributed by atoms with E-state index in [0.29, 0.717) is 19.0 Å². The zero-order valence-corrected chi connectivity index (χ0v) is 12.2. The first-order valence-electron chi connectivity index (χ1n) is 7.15. The standard InChI is InChI=1S/C17H20O4/c1-3-10-20-16-7-5-4-6-15(16)13(2)21-17(18)14-8-11-19-12-9-14/h1,4-7,13-14H,8-12H2,2H3/t13-/m0/s1. The number of carbonyl (C=O) groups is 1. The van der Waals surface area contributed by atoms with Crippen molar-refractivity contribution in [3.63, 3.8) is 0 Å². The Labute approximate surface area is 125 Å². The Kier molecular flexibility index (Phi) is 5.65. The van der Waals surface area contributed by atoms with E-state index in [2.05, 4.69) is 5.92 Å². The Bertz CT molecular complexity index is 512. The fourth-order valence-electron chi connectivity index (χ4n) is 2.33. The van der Waals surface area contributed by atoms with Gasteiger partial charge in [-0.05, 0) is 25.8 Å². The Morgan fingerprint density at radius 2 is 2.14 bits per heavy atom. The van der Waals surface area contributed by atoms with Crippen LogP contribution in [-0.2, 0) is 14.3 Å². The molecule has 4 nitrogen and oxygen atoms in total. The van der Waals surface area contributed by atoms with E-state index in [4.69, 9.17) is 20.6 Å². The minimum atomic E-state index is -0.366. The molecule has 0 unspecified atom stereocenters. The predicted octanol–water partition coefficient (Wildman–Crippen LogP) is 2.73. The van der Waals surface area contributed by atoms with Gasteiger partial charge in [-0.3, -0.25) is 4.79 Å². The summed E-state index contributed by atoms with van der Waals surface area (Å²) in [6.45, 7) is 3.28. The number of carbonyl (C=O) groups excluding carboxylic acids is 1. The molecule has 1 heterocycles. The molecule has 1 saturated heterocycles. The smallest absolute Gasteiger partial charge is 0.309 e. The Balaban J connectivity index is 2.00. The van der Waals surface area contributed by atoms with Crippen LogP contribution in [0.15, 0.2) is 24.3 Å². The van der Waals surface area contributed by atoms with E-state index in [1.165, 1.54) is 0 Å². The number of ether oxygens (including phenoxy) is 3. The minimum absolute atomic E-state index is 0.0695. The third kappa shape index (κ3) is 4.24. The Hall–Kier alpha value is -1.99. The maximum Gasteiger partial charge on any atom is 0.309 e. The van der Waals surface area contributed by atoms with Gasteiger partial charge < -0.3 is 14.2 Å². The van der Waals surface area contributed by atoms with Gasteiger partial charge in [-0.1, -0.05) is 24.1 Å². The summed E-state index contributed by atoms with van der Waals surface area (Å²) >= 11 is 0. The highest BCUT2D eigenvalue weighted by atomic mass is 16.5. The molecule has 1 aromatic rings. The average molecular weight is 288 g/mol. The lowest BCUT2D eigenvalue weighted by Gasteiger charge is -2.23. The van der Waals surface area contributed by atoms with Crippen LogP contribution in [0, 0.1) is 18.3 Å². The van der Waals surface area contributed by atoms with Gasteiger partial charge in [-0.2, -0.15) is 0 Å². The number of rotatable bonds is 5. The van der Waals surface area contributed by atoms with Crippen LogP contribution in [0.5, 0.6) is 5.75 Å². The highest BCUT2D eigenvalue weighted by Crippen LogP contribution is 2.29. The molecule has 21 heavy (non-hydrogen) atoms. The van der Waals surface area contributed by atoms with Gasteiger partial charge in [0.2, 0.25) is 0 Å². The molecule has 112 valence electrons. The van der Waals surface area contributed by atoms with Gasteiger partial charge in [0.1, 0.15) is 18.5 Å². The maximum atomic E-state index is 12.2. The molecule has 0 amide bonds. The number of para-hydroxylation sites is 1. The molecule has 0 aliphatic carbocycles. The van der Waals surface area contributed by atoms with Gasteiger partial charge in [-0.15, -0.1) is 6.42 Å². The molecular weight excluding hydrogens is 268 g/mol. The van der Waals surface area contributed by atoms with E-state index in [-0.39, 0.29) is 24.6 Å². The monoisotopic (exact) mass is 288 g/mol. The largest absolute Gasteiger partial charge is 0.481 e. The lowest BCUT2D eigenvalue weighted by Crippen LogP contribution is -2.26. The molecule has 1 aliphatic rings. The third-order valence-electron chi connectivity index (χ3n) is 3.52. The van der Waals surface area contributed by atoms with Crippen molar-refractivity contribution in [3.8, 4) is 18.1 Å². The molecule has 1 fully saturated rings. The van der Waals surface area contributed by atoms with Crippen LogP contribution in [0.25, 0.3) is 0 Å². The second-order valence-electron chi connectivity index (χ2n) is 5.00. The SMILES string of the molecule is C#CCOc1ccccc1[C@H](C)OC(=O)C1CCOCC1. The number of benzene rings is 1. The minimum Gasteiger partial charge on any atom is -0.481 e. The van der Waals surface area contributed by atoms with E-state index in [1.807, 2.05) is 31.2 Å². The second kappa shape index (κ2) is 7.70. The number of terminal acetylenes is 1. The van der Waals surface area contributed by atoms with Crippen LogP contribution < -0.4 is 4.74 Å². The van der Waals surface area contributed by atoms with Gasteiger partial charge in [0.05, 0.1) is 5.92 Å². The topological polar surface area (TPSA) is 44.8 Å².